The van der Waals surface area contributed by atoms with Crippen LogP contribution in [0.2, 0.25) is 0 Å². The minimum absolute atomic E-state index is 0.342. The first-order chi connectivity index (χ1) is 5.18. The van der Waals surface area contributed by atoms with Crippen LogP contribution in [0.5, 0.6) is 0 Å². The first-order valence-corrected chi connectivity index (χ1v) is 4.44. The van der Waals surface area contributed by atoms with Gasteiger partial charge in [0, 0.05) is 4.57 Å². The Balaban J connectivity index is 0. The van der Waals surface area contributed by atoms with Gasteiger partial charge < -0.3 is 0 Å². The Hall–Kier alpha value is -0.490. The standard InChI is InChI=1S/C4H10.C2H2NO3P/c1-3-4-2;1-3-2-6-7(4)5/h3-4H2,1-2H3;2H2/p+1. The van der Waals surface area contributed by atoms with Gasteiger partial charge in [0.05, 0.1) is 0 Å². The molecule has 0 aromatic rings. The predicted molar refractivity (Wildman–Crippen MR) is 43.0 cm³/mol. The summed E-state index contributed by atoms with van der Waals surface area (Å²) in [6.07, 6.45) is 2.64. The summed E-state index contributed by atoms with van der Waals surface area (Å²) in [5.74, 6) is 0. The molecule has 1 N–H and O–H groups in total. The van der Waals surface area contributed by atoms with Crippen molar-refractivity contribution in [2.75, 3.05) is 6.73 Å². The molecule has 0 aromatic heterocycles. The molecule has 4 nitrogen and oxygen atoms in total. The molecule has 64 valence electrons. The Bertz CT molecular complexity index is 130. The summed E-state index contributed by atoms with van der Waals surface area (Å²) in [5, 5.41) is 0. The van der Waals surface area contributed by atoms with E-state index in [2.05, 4.69) is 23.2 Å². The molecule has 0 bridgehead atoms. The molecule has 11 heavy (non-hydrogen) atoms. The monoisotopic (exact) mass is 178 g/mol. The van der Waals surface area contributed by atoms with Crippen molar-refractivity contribution in [3.05, 3.63) is 11.4 Å². The van der Waals surface area contributed by atoms with E-state index in [9.17, 15) is 4.57 Å². The Kier molecular flexibility index (Phi) is 14.6. The molecule has 0 aromatic carbocycles. The molecule has 0 heterocycles. The maximum absolute atomic E-state index is 9.54. The van der Waals surface area contributed by atoms with Gasteiger partial charge in [0.1, 0.15) is 0 Å². The third-order valence-corrected chi connectivity index (χ3v) is 1.07. The summed E-state index contributed by atoms with van der Waals surface area (Å²) < 4.78 is 13.4. The molecule has 0 radical (unpaired) electrons. The average Bonchev–Trinajstić information content (AvgIpc) is 2.01. The molecule has 0 spiro atoms. The molecular weight excluding hydrogens is 165 g/mol. The van der Waals surface area contributed by atoms with Gasteiger partial charge in [-0.1, -0.05) is 26.7 Å². The number of hydrogen-bond acceptors (Lipinski definition) is 2. The van der Waals surface area contributed by atoms with Crippen LogP contribution in [0.15, 0.2) is 0 Å². The normalized spacial score (nSPS) is 9.09. The SMILES string of the molecule is CCCC.[C-]#[N+]CO[P+](=O)O. The lowest BCUT2D eigenvalue weighted by Gasteiger charge is -1.68. The Morgan fingerprint density at radius 2 is 2.00 bits per heavy atom. The van der Waals surface area contributed by atoms with E-state index in [0.717, 1.165) is 0 Å². The van der Waals surface area contributed by atoms with E-state index in [4.69, 9.17) is 11.5 Å². The van der Waals surface area contributed by atoms with Gasteiger partial charge in [-0.3, -0.25) is 4.85 Å². The fraction of sp³-hybridized carbons (Fsp3) is 0.833. The highest BCUT2D eigenvalue weighted by Gasteiger charge is 2.11. The van der Waals surface area contributed by atoms with Gasteiger partial charge in [0.2, 0.25) is 0 Å². The molecule has 0 aliphatic carbocycles. The van der Waals surface area contributed by atoms with Crippen molar-refractivity contribution in [2.45, 2.75) is 26.7 Å². The quantitative estimate of drug-likeness (QED) is 0.533. The molecular formula is C6H13NO3P+. The molecule has 0 aliphatic rings. The highest BCUT2D eigenvalue weighted by Crippen LogP contribution is 2.12. The molecule has 0 fully saturated rings. The molecule has 0 saturated heterocycles. The Morgan fingerprint density at radius 1 is 1.55 bits per heavy atom. The van der Waals surface area contributed by atoms with Crippen LogP contribution in [-0.2, 0) is 9.09 Å². The van der Waals surface area contributed by atoms with Crippen LogP contribution >= 0.6 is 8.25 Å². The van der Waals surface area contributed by atoms with Gasteiger partial charge in [0.15, 0.2) is 0 Å². The third-order valence-electron chi connectivity index (χ3n) is 0.733. The minimum Gasteiger partial charge on any atom is -0.281 e. The second-order valence-corrected chi connectivity index (χ2v) is 2.39. The van der Waals surface area contributed by atoms with Crippen molar-refractivity contribution in [3.8, 4) is 0 Å². The van der Waals surface area contributed by atoms with E-state index in [1.165, 1.54) is 12.8 Å². The highest BCUT2D eigenvalue weighted by atomic mass is 31.1. The topological polar surface area (TPSA) is 50.9 Å². The van der Waals surface area contributed by atoms with E-state index in [0.29, 0.717) is 0 Å². The first-order valence-electron chi connectivity index (χ1n) is 3.31. The Morgan fingerprint density at radius 3 is 2.09 bits per heavy atom. The average molecular weight is 178 g/mol. The number of nitrogens with zero attached hydrogens (tertiary/aromatic N) is 1. The second-order valence-electron chi connectivity index (χ2n) is 1.65. The summed E-state index contributed by atoms with van der Waals surface area (Å²) in [4.78, 5) is 10.5. The number of rotatable bonds is 3. The van der Waals surface area contributed by atoms with E-state index < -0.39 is 8.25 Å². The zero-order valence-corrected chi connectivity index (χ0v) is 7.67. The maximum atomic E-state index is 9.54. The molecule has 1 atom stereocenters. The van der Waals surface area contributed by atoms with Crippen molar-refractivity contribution in [2.24, 2.45) is 0 Å². The fourth-order valence-corrected chi connectivity index (χ4v) is 0.235. The summed E-state index contributed by atoms with van der Waals surface area (Å²) in [7, 11) is -2.57. The van der Waals surface area contributed by atoms with Crippen LogP contribution in [0.25, 0.3) is 4.85 Å². The number of unbranched alkanes of at least 4 members (excludes halogenated alkanes) is 1. The van der Waals surface area contributed by atoms with Crippen LogP contribution < -0.4 is 0 Å². The van der Waals surface area contributed by atoms with Crippen molar-refractivity contribution in [3.63, 3.8) is 0 Å². The minimum atomic E-state index is -2.57. The molecule has 0 aliphatic heterocycles. The fourth-order valence-electron chi connectivity index (χ4n) is 0.0783. The highest BCUT2D eigenvalue weighted by molar-refractivity contribution is 7.32. The van der Waals surface area contributed by atoms with Crippen molar-refractivity contribution >= 4 is 8.25 Å². The second kappa shape index (κ2) is 12.2. The van der Waals surface area contributed by atoms with Crippen molar-refractivity contribution in [1.29, 1.82) is 0 Å². The van der Waals surface area contributed by atoms with Crippen molar-refractivity contribution < 1.29 is 14.0 Å². The van der Waals surface area contributed by atoms with Gasteiger partial charge >= 0.3 is 15.0 Å². The summed E-state index contributed by atoms with van der Waals surface area (Å²) >= 11 is 0. The van der Waals surface area contributed by atoms with E-state index in [1.54, 1.807) is 0 Å². The van der Waals surface area contributed by atoms with Gasteiger partial charge in [-0.2, -0.15) is 0 Å². The molecule has 5 heteroatoms. The van der Waals surface area contributed by atoms with Crippen LogP contribution in [0.4, 0.5) is 0 Å². The summed E-state index contributed by atoms with van der Waals surface area (Å²) in [6.45, 7) is 10.1. The van der Waals surface area contributed by atoms with Gasteiger partial charge in [0.25, 0.3) is 0 Å². The third kappa shape index (κ3) is 26.4. The van der Waals surface area contributed by atoms with Gasteiger partial charge in [-0.05, 0) is 4.52 Å². The van der Waals surface area contributed by atoms with Crippen molar-refractivity contribution in [1.82, 2.24) is 0 Å². The number of hydrogen-bond donors (Lipinski definition) is 1. The van der Waals surface area contributed by atoms with E-state index in [-0.39, 0.29) is 6.73 Å². The molecule has 0 rings (SSSR count). The predicted octanol–water partition coefficient (Wildman–Crippen LogP) is 2.34. The molecule has 1 unspecified atom stereocenters. The smallest absolute Gasteiger partial charge is 0.281 e. The van der Waals surface area contributed by atoms with Crippen LogP contribution in [0, 0.1) is 6.57 Å². The van der Waals surface area contributed by atoms with Crippen LogP contribution in [0.1, 0.15) is 26.7 Å². The summed E-state index contributed by atoms with van der Waals surface area (Å²) in [6, 6.07) is 0. The lowest BCUT2D eigenvalue weighted by Crippen LogP contribution is -1.73. The largest absolute Gasteiger partial charge is 0.702 e. The van der Waals surface area contributed by atoms with E-state index in [1.807, 2.05) is 0 Å². The maximum Gasteiger partial charge on any atom is 0.702 e. The van der Waals surface area contributed by atoms with Gasteiger partial charge in [-0.25, -0.2) is 6.57 Å². The van der Waals surface area contributed by atoms with E-state index >= 15 is 0 Å². The van der Waals surface area contributed by atoms with Crippen LogP contribution in [-0.4, -0.2) is 11.6 Å². The lowest BCUT2D eigenvalue weighted by atomic mass is 10.4. The Labute approximate surface area is 68.0 Å². The van der Waals surface area contributed by atoms with Crippen LogP contribution in [0.3, 0.4) is 0 Å². The lowest BCUT2D eigenvalue weighted by molar-refractivity contribution is 0.311. The molecule has 0 saturated carbocycles. The zero-order chi connectivity index (χ0) is 9.11. The summed E-state index contributed by atoms with van der Waals surface area (Å²) in [5.41, 5.74) is 0. The first kappa shape index (κ1) is 13.1. The van der Waals surface area contributed by atoms with Gasteiger partial charge in [-0.15, -0.1) is 4.89 Å². The zero-order valence-electron chi connectivity index (χ0n) is 6.78. The molecule has 0 amide bonds.